The maximum Gasteiger partial charge on any atom is 0.325 e. The number of carbonyl (C=O) groups excluding carboxylic acids is 3. The molecule has 0 radical (unpaired) electrons. The molecule has 34 heavy (non-hydrogen) atoms. The van der Waals surface area contributed by atoms with Gasteiger partial charge in [-0.3, -0.25) is 14.5 Å². The average molecular weight is 485 g/mol. The molecule has 4 amide bonds. The van der Waals surface area contributed by atoms with Crippen LogP contribution >= 0.6 is 0 Å². The van der Waals surface area contributed by atoms with Crippen molar-refractivity contribution in [3.8, 4) is 0 Å². The van der Waals surface area contributed by atoms with Crippen LogP contribution < -0.4 is 10.6 Å². The predicted molar refractivity (Wildman–Crippen MR) is 126 cm³/mol. The summed E-state index contributed by atoms with van der Waals surface area (Å²) in [6.45, 7) is 3.69. The van der Waals surface area contributed by atoms with Gasteiger partial charge in [-0.25, -0.2) is 13.2 Å². The third-order valence-corrected chi connectivity index (χ3v) is 8.46. The topological polar surface area (TPSA) is 116 Å². The summed E-state index contributed by atoms with van der Waals surface area (Å²) in [5, 5.41) is 5.43. The van der Waals surface area contributed by atoms with Crippen molar-refractivity contribution in [3.63, 3.8) is 0 Å². The number of carbonyl (C=O) groups is 3. The molecule has 9 nitrogen and oxygen atoms in total. The van der Waals surface area contributed by atoms with Gasteiger partial charge in [0.05, 0.1) is 4.90 Å². The second kappa shape index (κ2) is 9.19. The molecule has 2 aliphatic rings. The van der Waals surface area contributed by atoms with E-state index in [1.165, 1.54) is 22.5 Å². The number of urea groups is 1. The number of imide groups is 1. The molecule has 2 aromatic carbocycles. The van der Waals surface area contributed by atoms with Crippen molar-refractivity contribution in [1.82, 2.24) is 14.5 Å². The van der Waals surface area contributed by atoms with Crippen molar-refractivity contribution >= 4 is 33.6 Å². The maximum absolute atomic E-state index is 13.3. The zero-order chi connectivity index (χ0) is 24.5. The van der Waals surface area contributed by atoms with Gasteiger partial charge >= 0.3 is 6.03 Å². The highest BCUT2D eigenvalue weighted by Crippen LogP contribution is 2.39. The van der Waals surface area contributed by atoms with E-state index in [0.29, 0.717) is 19.5 Å². The zero-order valence-electron chi connectivity index (χ0n) is 19.2. The van der Waals surface area contributed by atoms with E-state index in [2.05, 4.69) is 10.6 Å². The first-order valence-corrected chi connectivity index (χ1v) is 12.8. The lowest BCUT2D eigenvalue weighted by molar-refractivity contribution is -0.134. The van der Waals surface area contributed by atoms with Gasteiger partial charge in [-0.05, 0) is 48.6 Å². The number of sulfonamides is 1. The number of rotatable bonds is 7. The fourth-order valence-corrected chi connectivity index (χ4v) is 6.25. The van der Waals surface area contributed by atoms with Crippen LogP contribution in [0.1, 0.15) is 37.8 Å². The number of benzene rings is 2. The van der Waals surface area contributed by atoms with E-state index in [9.17, 15) is 22.8 Å². The van der Waals surface area contributed by atoms with Crippen molar-refractivity contribution in [2.24, 2.45) is 0 Å². The van der Waals surface area contributed by atoms with Crippen LogP contribution in [-0.2, 0) is 31.6 Å². The summed E-state index contributed by atoms with van der Waals surface area (Å²) in [4.78, 5) is 39.8. The summed E-state index contributed by atoms with van der Waals surface area (Å²) in [5.74, 6) is -1.04. The highest BCUT2D eigenvalue weighted by molar-refractivity contribution is 7.89. The minimum atomic E-state index is -3.69. The molecule has 10 heteroatoms. The van der Waals surface area contributed by atoms with E-state index in [0.717, 1.165) is 28.9 Å². The standard InChI is InChI=1S/C24H28N4O5S/c1-3-27(4-2)34(32,33)19-12-7-11-18(15-19)25-21(29)16-28-22(30)24(26-23(28)31)14-8-10-17-9-5-6-13-20(17)24/h5-7,9,11-13,15H,3-4,8,10,14,16H2,1-2H3,(H,25,29)(H,26,31). The van der Waals surface area contributed by atoms with Crippen LogP contribution in [-0.4, -0.2) is 55.1 Å². The van der Waals surface area contributed by atoms with Crippen LogP contribution in [0, 0.1) is 0 Å². The Morgan fingerprint density at radius 2 is 1.85 bits per heavy atom. The van der Waals surface area contributed by atoms with E-state index in [1.807, 2.05) is 24.3 Å². The van der Waals surface area contributed by atoms with E-state index in [4.69, 9.17) is 0 Å². The van der Waals surface area contributed by atoms with Gasteiger partial charge in [0.1, 0.15) is 12.1 Å². The number of hydrogen-bond acceptors (Lipinski definition) is 5. The fourth-order valence-electron chi connectivity index (χ4n) is 4.75. The molecule has 0 aromatic heterocycles. The number of anilines is 1. The van der Waals surface area contributed by atoms with Crippen LogP contribution in [0.4, 0.5) is 10.5 Å². The average Bonchev–Trinajstić information content (AvgIpc) is 3.05. The first kappa shape index (κ1) is 23.9. The molecule has 0 saturated carbocycles. The Bertz CT molecular complexity index is 1240. The third kappa shape index (κ3) is 4.07. The molecule has 1 aliphatic heterocycles. The molecule has 4 rings (SSSR count). The van der Waals surface area contributed by atoms with E-state index in [-0.39, 0.29) is 10.6 Å². The van der Waals surface area contributed by atoms with Crippen LogP contribution in [0.2, 0.25) is 0 Å². The van der Waals surface area contributed by atoms with Gasteiger partial charge in [0.2, 0.25) is 15.9 Å². The summed E-state index contributed by atoms with van der Waals surface area (Å²) in [6, 6.07) is 12.8. The predicted octanol–water partition coefficient (Wildman–Crippen LogP) is 2.44. The lowest BCUT2D eigenvalue weighted by Crippen LogP contribution is -2.47. The van der Waals surface area contributed by atoms with Crippen molar-refractivity contribution in [2.75, 3.05) is 25.0 Å². The number of hydrogen-bond donors (Lipinski definition) is 2. The molecule has 180 valence electrons. The number of nitrogens with one attached hydrogen (secondary N) is 2. The second-order valence-electron chi connectivity index (χ2n) is 8.40. The maximum atomic E-state index is 13.3. The summed E-state index contributed by atoms with van der Waals surface area (Å²) in [5.41, 5.74) is 0.906. The monoisotopic (exact) mass is 484 g/mol. The molecule has 1 atom stereocenters. The molecule has 1 heterocycles. The molecular weight excluding hydrogens is 456 g/mol. The van der Waals surface area contributed by atoms with Crippen LogP contribution in [0.25, 0.3) is 0 Å². The lowest BCUT2D eigenvalue weighted by Gasteiger charge is -2.33. The minimum absolute atomic E-state index is 0.0572. The number of nitrogens with zero attached hydrogens (tertiary/aromatic N) is 2. The smallest absolute Gasteiger partial charge is 0.324 e. The quantitative estimate of drug-likeness (QED) is 0.586. The summed E-state index contributed by atoms with van der Waals surface area (Å²) < 4.78 is 26.9. The SMILES string of the molecule is CCN(CC)S(=O)(=O)c1cccc(NC(=O)CN2C(=O)NC3(CCCc4ccccc43)C2=O)c1. The Kier molecular flexibility index (Phi) is 6.46. The van der Waals surface area contributed by atoms with Gasteiger partial charge in [0.15, 0.2) is 0 Å². The highest BCUT2D eigenvalue weighted by atomic mass is 32.2. The van der Waals surface area contributed by atoms with Crippen molar-refractivity contribution in [3.05, 3.63) is 59.7 Å². The Morgan fingerprint density at radius 1 is 1.12 bits per heavy atom. The number of amides is 4. The first-order chi connectivity index (χ1) is 16.2. The summed E-state index contributed by atoms with van der Waals surface area (Å²) >= 11 is 0. The van der Waals surface area contributed by atoms with Gasteiger partial charge in [-0.1, -0.05) is 44.2 Å². The Balaban J connectivity index is 1.51. The molecule has 0 bridgehead atoms. The van der Waals surface area contributed by atoms with Crippen molar-refractivity contribution in [1.29, 1.82) is 0 Å². The third-order valence-electron chi connectivity index (χ3n) is 6.41. The van der Waals surface area contributed by atoms with Crippen LogP contribution in [0.5, 0.6) is 0 Å². The molecule has 2 aromatic rings. The van der Waals surface area contributed by atoms with Crippen molar-refractivity contribution < 1.29 is 22.8 Å². The molecule has 1 spiro atoms. The van der Waals surface area contributed by atoms with E-state index in [1.54, 1.807) is 19.9 Å². The lowest BCUT2D eigenvalue weighted by atomic mass is 9.76. The summed E-state index contributed by atoms with van der Waals surface area (Å²) in [7, 11) is -3.69. The van der Waals surface area contributed by atoms with Crippen molar-refractivity contribution in [2.45, 2.75) is 43.5 Å². The molecule has 1 fully saturated rings. The van der Waals surface area contributed by atoms with E-state index < -0.39 is 40.0 Å². The van der Waals surface area contributed by atoms with Crippen LogP contribution in [0.3, 0.4) is 0 Å². The Labute approximate surface area is 199 Å². The van der Waals surface area contributed by atoms with Crippen LogP contribution in [0.15, 0.2) is 53.4 Å². The molecule has 1 saturated heterocycles. The van der Waals surface area contributed by atoms with Gasteiger partial charge in [0, 0.05) is 18.8 Å². The highest BCUT2D eigenvalue weighted by Gasteiger charge is 2.54. The van der Waals surface area contributed by atoms with E-state index >= 15 is 0 Å². The van der Waals surface area contributed by atoms with Gasteiger partial charge in [-0.2, -0.15) is 4.31 Å². The second-order valence-corrected chi connectivity index (χ2v) is 10.3. The summed E-state index contributed by atoms with van der Waals surface area (Å²) in [6.07, 6.45) is 2.04. The van der Waals surface area contributed by atoms with Gasteiger partial charge in [0.25, 0.3) is 5.91 Å². The normalized spacial score (nSPS) is 19.9. The largest absolute Gasteiger partial charge is 0.325 e. The Hall–Kier alpha value is -3.24. The number of aryl methyl sites for hydroxylation is 1. The molecular formula is C24H28N4O5S. The van der Waals surface area contributed by atoms with Gasteiger partial charge < -0.3 is 10.6 Å². The van der Waals surface area contributed by atoms with Gasteiger partial charge in [-0.15, -0.1) is 0 Å². The molecule has 1 unspecified atom stereocenters. The zero-order valence-corrected chi connectivity index (χ0v) is 20.0. The fraction of sp³-hybridized carbons (Fsp3) is 0.375. The Morgan fingerprint density at radius 3 is 2.59 bits per heavy atom. The molecule has 2 N–H and O–H groups in total. The number of fused-ring (bicyclic) bond motifs is 2. The first-order valence-electron chi connectivity index (χ1n) is 11.4. The minimum Gasteiger partial charge on any atom is -0.324 e. The molecule has 1 aliphatic carbocycles.